The van der Waals surface area contributed by atoms with E-state index in [9.17, 15) is 4.79 Å². The van der Waals surface area contributed by atoms with E-state index >= 15 is 0 Å². The molecule has 0 N–H and O–H groups in total. The first-order chi connectivity index (χ1) is 17.8. The molecule has 1 aromatic heterocycles. The van der Waals surface area contributed by atoms with Gasteiger partial charge in [0, 0.05) is 33.1 Å². The molecule has 198 valence electrons. The van der Waals surface area contributed by atoms with Crippen LogP contribution >= 0.6 is 11.6 Å². The number of benzene rings is 2. The summed E-state index contributed by atoms with van der Waals surface area (Å²) in [5.41, 5.74) is 4.81. The summed E-state index contributed by atoms with van der Waals surface area (Å²) in [6.45, 7) is 12.3. The van der Waals surface area contributed by atoms with Crippen LogP contribution in [0.1, 0.15) is 73.9 Å². The van der Waals surface area contributed by atoms with Gasteiger partial charge in [0.15, 0.2) is 5.78 Å². The van der Waals surface area contributed by atoms with Crippen molar-refractivity contribution in [2.45, 2.75) is 54.4 Å². The van der Waals surface area contributed by atoms with Crippen molar-refractivity contribution in [2.75, 3.05) is 14.2 Å². The average molecular weight is 522 g/mol. The standard InChI is InChI=1S/C30H34ClNO3.C2H6/c1-7-9-25(34-5)16-15-23-13-14-24(18-20(2)3)32(23)28-17-12-22(31)19-27(28)30(33)26-10-8-11-29(35-6)21(26)4;1-2/h8-17,19-20H,7,18H2,1-6H3;1-2H3/b16-15+,25-9+;. The minimum Gasteiger partial charge on any atom is -0.497 e. The largest absolute Gasteiger partial charge is 0.497 e. The van der Waals surface area contributed by atoms with Gasteiger partial charge < -0.3 is 14.0 Å². The van der Waals surface area contributed by atoms with Crippen LogP contribution in [0.5, 0.6) is 5.75 Å². The molecule has 0 aliphatic carbocycles. The Balaban J connectivity index is 0.00000235. The summed E-state index contributed by atoms with van der Waals surface area (Å²) in [7, 11) is 3.28. The van der Waals surface area contributed by atoms with E-state index in [0.717, 1.165) is 41.2 Å². The number of hydrogen-bond donors (Lipinski definition) is 0. The van der Waals surface area contributed by atoms with Crippen molar-refractivity contribution in [3.8, 4) is 11.4 Å². The lowest BCUT2D eigenvalue weighted by atomic mass is 9.97. The molecule has 0 saturated heterocycles. The van der Waals surface area contributed by atoms with Gasteiger partial charge in [-0.25, -0.2) is 0 Å². The number of carbonyl (C=O) groups excluding carboxylic acids is 1. The lowest BCUT2D eigenvalue weighted by molar-refractivity contribution is 0.103. The minimum absolute atomic E-state index is 0.0958. The molecule has 3 aromatic rings. The van der Waals surface area contributed by atoms with Gasteiger partial charge in [-0.1, -0.05) is 58.4 Å². The first kappa shape index (κ1) is 30.0. The minimum atomic E-state index is -0.0958. The van der Waals surface area contributed by atoms with Crippen molar-refractivity contribution in [2.24, 2.45) is 5.92 Å². The molecule has 1 heterocycles. The fourth-order valence-electron chi connectivity index (χ4n) is 4.20. The van der Waals surface area contributed by atoms with E-state index < -0.39 is 0 Å². The average Bonchev–Trinajstić information content (AvgIpc) is 3.28. The zero-order chi connectivity index (χ0) is 27.5. The maximum Gasteiger partial charge on any atom is 0.195 e. The van der Waals surface area contributed by atoms with Crippen LogP contribution in [-0.4, -0.2) is 24.6 Å². The highest BCUT2D eigenvalue weighted by Crippen LogP contribution is 2.30. The molecule has 0 aliphatic heterocycles. The van der Waals surface area contributed by atoms with Crippen molar-refractivity contribution >= 4 is 23.5 Å². The van der Waals surface area contributed by atoms with Gasteiger partial charge in [-0.15, -0.1) is 0 Å². The number of hydrogen-bond acceptors (Lipinski definition) is 3. The van der Waals surface area contributed by atoms with E-state index in [1.807, 2.05) is 69.3 Å². The molecule has 0 unspecified atom stereocenters. The summed E-state index contributed by atoms with van der Waals surface area (Å²) in [6.07, 6.45) is 7.75. The maximum absolute atomic E-state index is 13.9. The van der Waals surface area contributed by atoms with Crippen LogP contribution in [0.2, 0.25) is 5.02 Å². The second-order valence-corrected chi connectivity index (χ2v) is 9.29. The quantitative estimate of drug-likeness (QED) is 0.152. The molecular formula is C32H40ClNO3. The molecule has 37 heavy (non-hydrogen) atoms. The topological polar surface area (TPSA) is 40.5 Å². The number of allylic oxidation sites excluding steroid dienone is 2. The second kappa shape index (κ2) is 14.5. The molecule has 0 amide bonds. The van der Waals surface area contributed by atoms with Gasteiger partial charge in [-0.2, -0.15) is 0 Å². The lowest BCUT2D eigenvalue weighted by Gasteiger charge is -2.18. The van der Waals surface area contributed by atoms with Crippen LogP contribution in [0.15, 0.2) is 66.4 Å². The predicted octanol–water partition coefficient (Wildman–Crippen LogP) is 8.86. The Hall–Kier alpha value is -3.24. The molecule has 0 fully saturated rings. The van der Waals surface area contributed by atoms with Crippen molar-refractivity contribution < 1.29 is 14.3 Å². The molecule has 4 nitrogen and oxygen atoms in total. The smallest absolute Gasteiger partial charge is 0.195 e. The third kappa shape index (κ3) is 7.39. The summed E-state index contributed by atoms with van der Waals surface area (Å²) in [4.78, 5) is 13.9. The van der Waals surface area contributed by atoms with Gasteiger partial charge in [0.1, 0.15) is 11.5 Å². The third-order valence-electron chi connectivity index (χ3n) is 5.86. The number of nitrogens with zero attached hydrogens (tertiary/aromatic N) is 1. The van der Waals surface area contributed by atoms with Gasteiger partial charge in [0.25, 0.3) is 0 Å². The number of methoxy groups -OCH3 is 2. The highest BCUT2D eigenvalue weighted by atomic mass is 35.5. The Kier molecular flexibility index (Phi) is 11.7. The van der Waals surface area contributed by atoms with E-state index in [4.69, 9.17) is 21.1 Å². The number of halogens is 1. The Morgan fingerprint density at radius 2 is 1.78 bits per heavy atom. The fourth-order valence-corrected chi connectivity index (χ4v) is 4.37. The predicted molar refractivity (Wildman–Crippen MR) is 156 cm³/mol. The highest BCUT2D eigenvalue weighted by molar-refractivity contribution is 6.31. The third-order valence-corrected chi connectivity index (χ3v) is 6.10. The first-order valence-corrected chi connectivity index (χ1v) is 13.3. The number of carbonyl (C=O) groups is 1. The Labute approximate surface area is 227 Å². The van der Waals surface area contributed by atoms with Gasteiger partial charge in [0.05, 0.1) is 19.9 Å². The highest BCUT2D eigenvalue weighted by Gasteiger charge is 2.21. The number of rotatable bonds is 10. The van der Waals surface area contributed by atoms with Crippen molar-refractivity contribution in [3.63, 3.8) is 0 Å². The molecule has 3 rings (SSSR count). The molecular weight excluding hydrogens is 482 g/mol. The molecule has 0 atom stereocenters. The van der Waals surface area contributed by atoms with E-state index in [0.29, 0.717) is 27.8 Å². The monoisotopic (exact) mass is 521 g/mol. The zero-order valence-electron chi connectivity index (χ0n) is 23.4. The van der Waals surface area contributed by atoms with Crippen molar-refractivity contribution in [1.29, 1.82) is 0 Å². The summed E-state index contributed by atoms with van der Waals surface area (Å²) in [5.74, 6) is 1.83. The first-order valence-electron chi connectivity index (χ1n) is 12.9. The van der Waals surface area contributed by atoms with Crippen LogP contribution in [0, 0.1) is 12.8 Å². The van der Waals surface area contributed by atoms with Crippen LogP contribution in [0.4, 0.5) is 0 Å². The Morgan fingerprint density at radius 1 is 1.05 bits per heavy atom. The fraction of sp³-hybridized carbons (Fsp3) is 0.344. The number of ketones is 1. The normalized spacial score (nSPS) is 11.5. The lowest BCUT2D eigenvalue weighted by Crippen LogP contribution is -2.13. The molecule has 0 saturated carbocycles. The van der Waals surface area contributed by atoms with Crippen molar-refractivity contribution in [1.82, 2.24) is 4.57 Å². The van der Waals surface area contributed by atoms with E-state index in [2.05, 4.69) is 37.5 Å². The Morgan fingerprint density at radius 3 is 2.41 bits per heavy atom. The van der Waals surface area contributed by atoms with E-state index in [-0.39, 0.29) is 5.78 Å². The summed E-state index contributed by atoms with van der Waals surface area (Å²) in [5, 5.41) is 0.514. The van der Waals surface area contributed by atoms with Gasteiger partial charge >= 0.3 is 0 Å². The number of ether oxygens (including phenoxy) is 2. The van der Waals surface area contributed by atoms with Crippen LogP contribution in [0.3, 0.4) is 0 Å². The van der Waals surface area contributed by atoms with Crippen LogP contribution in [-0.2, 0) is 11.2 Å². The van der Waals surface area contributed by atoms with Crippen LogP contribution in [0.25, 0.3) is 11.8 Å². The number of aromatic nitrogens is 1. The van der Waals surface area contributed by atoms with E-state index in [1.54, 1.807) is 20.3 Å². The molecule has 0 bridgehead atoms. The van der Waals surface area contributed by atoms with Gasteiger partial charge in [-0.05, 0) is 80.3 Å². The zero-order valence-corrected chi connectivity index (χ0v) is 24.1. The maximum atomic E-state index is 13.9. The Bertz CT molecular complexity index is 1250. The van der Waals surface area contributed by atoms with Gasteiger partial charge in [-0.3, -0.25) is 4.79 Å². The molecule has 0 spiro atoms. The molecule has 0 radical (unpaired) electrons. The SMILES string of the molecule is CC.CC/C=C(\C=C\c1ccc(CC(C)C)n1-c1ccc(Cl)cc1C(=O)c1cccc(OC)c1C)OC. The molecule has 2 aromatic carbocycles. The second-order valence-electron chi connectivity index (χ2n) is 8.86. The molecule has 0 aliphatic rings. The van der Waals surface area contributed by atoms with Crippen LogP contribution < -0.4 is 4.74 Å². The summed E-state index contributed by atoms with van der Waals surface area (Å²) in [6, 6.07) is 15.2. The van der Waals surface area contributed by atoms with E-state index in [1.165, 1.54) is 0 Å². The summed E-state index contributed by atoms with van der Waals surface area (Å²) < 4.78 is 13.1. The molecule has 5 heteroatoms. The summed E-state index contributed by atoms with van der Waals surface area (Å²) >= 11 is 6.40. The van der Waals surface area contributed by atoms with Gasteiger partial charge in [0.2, 0.25) is 0 Å². The van der Waals surface area contributed by atoms with Crippen molar-refractivity contribution in [3.05, 3.63) is 99.5 Å².